The highest BCUT2D eigenvalue weighted by Crippen LogP contribution is 2.62. The van der Waals surface area contributed by atoms with Crippen molar-refractivity contribution in [1.82, 2.24) is 0 Å². The third kappa shape index (κ3) is 2.42. The van der Waals surface area contributed by atoms with Gasteiger partial charge in [0.2, 0.25) is 0 Å². The molecule has 5 aromatic carbocycles. The minimum atomic E-state index is -0.406. The zero-order valence-corrected chi connectivity index (χ0v) is 18.4. The van der Waals surface area contributed by atoms with Gasteiger partial charge in [0.15, 0.2) is 0 Å². The normalized spacial score (nSPS) is 14.1. The highest BCUT2D eigenvalue weighted by molar-refractivity contribution is 5.89. The number of fused-ring (bicyclic) bond motifs is 9. The van der Waals surface area contributed by atoms with Crippen LogP contribution in [0.4, 0.5) is 0 Å². The summed E-state index contributed by atoms with van der Waals surface area (Å²) in [5.74, 6) is 1.86. The van der Waals surface area contributed by atoms with E-state index in [0.717, 1.165) is 11.5 Å². The van der Waals surface area contributed by atoms with Gasteiger partial charge in [-0.15, -0.1) is 0 Å². The van der Waals surface area contributed by atoms with Crippen LogP contribution >= 0.6 is 0 Å². The molecule has 1 heterocycles. The van der Waals surface area contributed by atoms with Gasteiger partial charge >= 0.3 is 0 Å². The molecule has 0 saturated carbocycles. The summed E-state index contributed by atoms with van der Waals surface area (Å²) in [4.78, 5) is 0. The quantitative estimate of drug-likeness (QED) is 0.259. The second-order valence-electron chi connectivity index (χ2n) is 9.02. The lowest BCUT2D eigenvalue weighted by molar-refractivity contribution is 0.436. The van der Waals surface area contributed by atoms with Gasteiger partial charge in [-0.2, -0.15) is 0 Å². The van der Waals surface area contributed by atoms with Crippen LogP contribution in [-0.2, 0) is 5.41 Å². The van der Waals surface area contributed by atoms with Gasteiger partial charge in [-0.25, -0.2) is 0 Å². The van der Waals surface area contributed by atoms with Gasteiger partial charge in [-0.1, -0.05) is 103 Å². The van der Waals surface area contributed by atoms with Gasteiger partial charge in [0.25, 0.3) is 0 Å². The van der Waals surface area contributed by atoms with E-state index in [1.165, 1.54) is 50.1 Å². The molecule has 1 heteroatoms. The monoisotopic (exact) mass is 422 g/mol. The van der Waals surface area contributed by atoms with Crippen LogP contribution < -0.4 is 4.74 Å². The standard InChI is InChI=1S/C32H22O/c1-21-9-8-10-22(19-21)23-17-18-31-29(20-23)32(28-15-6-7-16-30(28)33-31)26-13-4-2-11-24(26)25-12-3-5-14-27(25)32/h2-20H,1H3. The highest BCUT2D eigenvalue weighted by Gasteiger charge is 2.50. The van der Waals surface area contributed by atoms with E-state index in [1.807, 2.05) is 0 Å². The lowest BCUT2D eigenvalue weighted by atomic mass is 9.66. The Kier molecular flexibility index (Phi) is 3.75. The summed E-state index contributed by atoms with van der Waals surface area (Å²) in [6.07, 6.45) is 0. The summed E-state index contributed by atoms with van der Waals surface area (Å²) >= 11 is 0. The number of benzene rings is 5. The molecule has 0 radical (unpaired) electrons. The van der Waals surface area contributed by atoms with Crippen molar-refractivity contribution >= 4 is 0 Å². The molecule has 0 fully saturated rings. The van der Waals surface area contributed by atoms with Crippen LogP contribution in [0.1, 0.15) is 27.8 Å². The molecule has 0 unspecified atom stereocenters. The summed E-state index contributed by atoms with van der Waals surface area (Å²) in [7, 11) is 0. The molecule has 0 saturated heterocycles. The fourth-order valence-corrected chi connectivity index (χ4v) is 5.86. The van der Waals surface area contributed by atoms with Crippen molar-refractivity contribution in [3.8, 4) is 33.8 Å². The number of rotatable bonds is 1. The molecule has 33 heavy (non-hydrogen) atoms. The van der Waals surface area contributed by atoms with Gasteiger partial charge in [-0.3, -0.25) is 0 Å². The maximum Gasteiger partial charge on any atom is 0.132 e. The van der Waals surface area contributed by atoms with E-state index in [2.05, 4.69) is 122 Å². The van der Waals surface area contributed by atoms with E-state index < -0.39 is 5.41 Å². The molecule has 1 spiro atoms. The Morgan fingerprint density at radius 3 is 1.82 bits per heavy atom. The van der Waals surface area contributed by atoms with E-state index in [-0.39, 0.29) is 0 Å². The van der Waals surface area contributed by atoms with Crippen molar-refractivity contribution in [2.75, 3.05) is 0 Å². The van der Waals surface area contributed by atoms with E-state index in [4.69, 9.17) is 4.74 Å². The Hall–Kier alpha value is -4.10. The van der Waals surface area contributed by atoms with Crippen molar-refractivity contribution in [2.24, 2.45) is 0 Å². The summed E-state index contributed by atoms with van der Waals surface area (Å²) in [5.41, 5.74) is 11.0. The van der Waals surface area contributed by atoms with Crippen molar-refractivity contribution in [3.05, 3.63) is 143 Å². The number of para-hydroxylation sites is 1. The number of hydrogen-bond acceptors (Lipinski definition) is 1. The Balaban J connectivity index is 1.62. The molecule has 5 aromatic rings. The molecule has 0 bridgehead atoms. The Morgan fingerprint density at radius 2 is 1.09 bits per heavy atom. The molecule has 156 valence electrons. The zero-order valence-electron chi connectivity index (χ0n) is 18.4. The first-order chi connectivity index (χ1) is 16.3. The first kappa shape index (κ1) is 18.5. The minimum absolute atomic E-state index is 0.406. The van der Waals surface area contributed by atoms with Gasteiger partial charge in [0.1, 0.15) is 11.5 Å². The fraction of sp³-hybridized carbons (Fsp3) is 0.0625. The number of aryl methyl sites for hydroxylation is 1. The fourth-order valence-electron chi connectivity index (χ4n) is 5.86. The molecule has 0 aromatic heterocycles. The van der Waals surface area contributed by atoms with E-state index in [0.29, 0.717) is 0 Å². The third-order valence-corrected chi connectivity index (χ3v) is 7.20. The molecule has 2 aliphatic rings. The summed E-state index contributed by atoms with van der Waals surface area (Å²) in [6, 6.07) is 41.6. The van der Waals surface area contributed by atoms with Gasteiger partial charge in [-0.05, 0) is 58.5 Å². The second-order valence-corrected chi connectivity index (χ2v) is 9.02. The van der Waals surface area contributed by atoms with Gasteiger partial charge in [0, 0.05) is 11.1 Å². The smallest absolute Gasteiger partial charge is 0.132 e. The van der Waals surface area contributed by atoms with Crippen LogP contribution in [0.25, 0.3) is 22.3 Å². The maximum absolute atomic E-state index is 6.51. The second kappa shape index (κ2) is 6.70. The topological polar surface area (TPSA) is 9.23 Å². The molecule has 1 nitrogen and oxygen atoms in total. The summed E-state index contributed by atoms with van der Waals surface area (Å²) < 4.78 is 6.51. The lowest BCUT2D eigenvalue weighted by Crippen LogP contribution is -2.32. The molecule has 0 atom stereocenters. The van der Waals surface area contributed by atoms with Crippen LogP contribution in [0.3, 0.4) is 0 Å². The molecule has 7 rings (SSSR count). The molecule has 1 aliphatic carbocycles. The average Bonchev–Trinajstić information content (AvgIpc) is 3.16. The molecule has 0 amide bonds. The van der Waals surface area contributed by atoms with Crippen LogP contribution in [0.2, 0.25) is 0 Å². The SMILES string of the molecule is Cc1cccc(-c2ccc3c(c2)C2(c4ccccc4O3)c3ccccc3-c3ccccc32)c1. The minimum Gasteiger partial charge on any atom is -0.457 e. The zero-order chi connectivity index (χ0) is 22.0. The van der Waals surface area contributed by atoms with E-state index in [1.54, 1.807) is 0 Å². The first-order valence-corrected chi connectivity index (χ1v) is 11.4. The summed E-state index contributed by atoms with van der Waals surface area (Å²) in [5, 5.41) is 0. The highest BCUT2D eigenvalue weighted by atomic mass is 16.5. The predicted molar refractivity (Wildman–Crippen MR) is 134 cm³/mol. The summed E-state index contributed by atoms with van der Waals surface area (Å²) in [6.45, 7) is 2.15. The van der Waals surface area contributed by atoms with E-state index in [9.17, 15) is 0 Å². The van der Waals surface area contributed by atoms with Crippen molar-refractivity contribution in [2.45, 2.75) is 12.3 Å². The largest absolute Gasteiger partial charge is 0.457 e. The first-order valence-electron chi connectivity index (χ1n) is 11.4. The molecular formula is C32H22O. The van der Waals surface area contributed by atoms with Crippen LogP contribution in [0.5, 0.6) is 11.5 Å². The van der Waals surface area contributed by atoms with Gasteiger partial charge < -0.3 is 4.74 Å². The van der Waals surface area contributed by atoms with Crippen molar-refractivity contribution in [3.63, 3.8) is 0 Å². The lowest BCUT2D eigenvalue weighted by Gasteiger charge is -2.39. The Bertz CT molecular complexity index is 1510. The van der Waals surface area contributed by atoms with E-state index >= 15 is 0 Å². The van der Waals surface area contributed by atoms with Gasteiger partial charge in [0.05, 0.1) is 5.41 Å². The van der Waals surface area contributed by atoms with Crippen LogP contribution in [0, 0.1) is 6.92 Å². The van der Waals surface area contributed by atoms with Crippen molar-refractivity contribution < 1.29 is 4.74 Å². The number of ether oxygens (including phenoxy) is 1. The van der Waals surface area contributed by atoms with Crippen molar-refractivity contribution in [1.29, 1.82) is 0 Å². The third-order valence-electron chi connectivity index (χ3n) is 7.20. The average molecular weight is 423 g/mol. The molecule has 1 aliphatic heterocycles. The van der Waals surface area contributed by atoms with Crippen LogP contribution in [-0.4, -0.2) is 0 Å². The Morgan fingerprint density at radius 1 is 0.485 bits per heavy atom. The predicted octanol–water partition coefficient (Wildman–Crippen LogP) is 8.13. The maximum atomic E-state index is 6.51. The van der Waals surface area contributed by atoms with Crippen LogP contribution in [0.15, 0.2) is 115 Å². The molecular weight excluding hydrogens is 400 g/mol. The number of hydrogen-bond donors (Lipinski definition) is 0. The Labute approximate surface area is 193 Å². The molecule has 0 N–H and O–H groups in total.